The van der Waals surface area contributed by atoms with Gasteiger partial charge in [-0.15, -0.1) is 0 Å². The number of anilines is 1. The maximum Gasteiger partial charge on any atom is 0.123 e. The normalized spacial score (nSPS) is 10.8. The monoisotopic (exact) mass is 193 g/mol. The van der Waals surface area contributed by atoms with Gasteiger partial charge in [0.1, 0.15) is 5.82 Å². The molecular formula is C11H19N3. The molecule has 0 spiro atoms. The Morgan fingerprint density at radius 1 is 1.43 bits per heavy atom. The van der Waals surface area contributed by atoms with Crippen molar-refractivity contribution in [1.29, 1.82) is 0 Å². The zero-order valence-electron chi connectivity index (χ0n) is 8.96. The summed E-state index contributed by atoms with van der Waals surface area (Å²) in [5.41, 5.74) is 6.75. The summed E-state index contributed by atoms with van der Waals surface area (Å²) in [5.74, 6) is 0.592. The van der Waals surface area contributed by atoms with Gasteiger partial charge in [-0.1, -0.05) is 19.9 Å². The lowest BCUT2D eigenvalue weighted by Gasteiger charge is -2.07. The van der Waals surface area contributed by atoms with Crippen molar-refractivity contribution >= 4 is 5.82 Å². The molecule has 0 amide bonds. The summed E-state index contributed by atoms with van der Waals surface area (Å²) < 4.78 is 0. The smallest absolute Gasteiger partial charge is 0.123 e. The lowest BCUT2D eigenvalue weighted by atomic mass is 10.1. The van der Waals surface area contributed by atoms with Gasteiger partial charge in [0.25, 0.3) is 0 Å². The molecule has 0 aliphatic heterocycles. The SMILES string of the molecule is CC(C)NCCCc1ccc(N)nc1. The highest BCUT2D eigenvalue weighted by Crippen LogP contribution is 2.03. The molecule has 0 atom stereocenters. The molecular weight excluding hydrogens is 174 g/mol. The van der Waals surface area contributed by atoms with Crippen molar-refractivity contribution in [2.75, 3.05) is 12.3 Å². The Morgan fingerprint density at radius 3 is 2.79 bits per heavy atom. The highest BCUT2D eigenvalue weighted by molar-refractivity contribution is 5.29. The van der Waals surface area contributed by atoms with Gasteiger partial charge in [0.2, 0.25) is 0 Å². The van der Waals surface area contributed by atoms with E-state index in [0.717, 1.165) is 19.4 Å². The minimum absolute atomic E-state index is 0.569. The van der Waals surface area contributed by atoms with Crippen molar-refractivity contribution in [3.8, 4) is 0 Å². The molecule has 0 unspecified atom stereocenters. The fourth-order valence-corrected chi connectivity index (χ4v) is 1.27. The second-order valence-corrected chi connectivity index (χ2v) is 3.80. The van der Waals surface area contributed by atoms with Gasteiger partial charge in [-0.2, -0.15) is 0 Å². The molecule has 3 nitrogen and oxygen atoms in total. The second kappa shape index (κ2) is 5.60. The van der Waals surface area contributed by atoms with Gasteiger partial charge in [0, 0.05) is 12.2 Å². The third kappa shape index (κ3) is 4.23. The number of rotatable bonds is 5. The Bertz CT molecular complexity index is 254. The van der Waals surface area contributed by atoms with Crippen LogP contribution in [-0.4, -0.2) is 17.6 Å². The highest BCUT2D eigenvalue weighted by Gasteiger charge is 1.95. The molecule has 0 saturated carbocycles. The van der Waals surface area contributed by atoms with Crippen LogP contribution in [0, 0.1) is 0 Å². The number of nitrogens with two attached hydrogens (primary N) is 1. The third-order valence-corrected chi connectivity index (χ3v) is 2.04. The number of hydrogen-bond donors (Lipinski definition) is 2. The largest absolute Gasteiger partial charge is 0.384 e. The average molecular weight is 193 g/mol. The molecule has 0 radical (unpaired) electrons. The van der Waals surface area contributed by atoms with Crippen molar-refractivity contribution < 1.29 is 0 Å². The van der Waals surface area contributed by atoms with Crippen molar-refractivity contribution in [3.05, 3.63) is 23.9 Å². The van der Waals surface area contributed by atoms with Crippen molar-refractivity contribution in [3.63, 3.8) is 0 Å². The Hall–Kier alpha value is -1.09. The van der Waals surface area contributed by atoms with Crippen molar-refractivity contribution in [1.82, 2.24) is 10.3 Å². The molecule has 1 aromatic rings. The average Bonchev–Trinajstić information content (AvgIpc) is 2.15. The summed E-state index contributed by atoms with van der Waals surface area (Å²) in [6, 6.07) is 4.46. The van der Waals surface area contributed by atoms with Crippen LogP contribution in [0.1, 0.15) is 25.8 Å². The summed E-state index contributed by atoms with van der Waals surface area (Å²) >= 11 is 0. The Balaban J connectivity index is 2.21. The number of hydrogen-bond acceptors (Lipinski definition) is 3. The number of pyridine rings is 1. The number of nitrogen functional groups attached to an aromatic ring is 1. The van der Waals surface area contributed by atoms with Gasteiger partial charge >= 0.3 is 0 Å². The molecule has 1 heterocycles. The first-order chi connectivity index (χ1) is 6.68. The van der Waals surface area contributed by atoms with Crippen molar-refractivity contribution in [2.24, 2.45) is 0 Å². The summed E-state index contributed by atoms with van der Waals surface area (Å²) in [5, 5.41) is 3.38. The first-order valence-corrected chi connectivity index (χ1v) is 5.12. The predicted octanol–water partition coefficient (Wildman–Crippen LogP) is 1.59. The first kappa shape index (κ1) is 11.0. The quantitative estimate of drug-likeness (QED) is 0.698. The van der Waals surface area contributed by atoms with Crippen LogP contribution in [0.25, 0.3) is 0 Å². The van der Waals surface area contributed by atoms with Crippen LogP contribution in [0.4, 0.5) is 5.82 Å². The molecule has 3 heteroatoms. The zero-order chi connectivity index (χ0) is 10.4. The van der Waals surface area contributed by atoms with E-state index in [1.54, 1.807) is 0 Å². The summed E-state index contributed by atoms with van der Waals surface area (Å²) in [4.78, 5) is 4.05. The van der Waals surface area contributed by atoms with Gasteiger partial charge < -0.3 is 11.1 Å². The van der Waals surface area contributed by atoms with E-state index < -0.39 is 0 Å². The highest BCUT2D eigenvalue weighted by atomic mass is 14.9. The van der Waals surface area contributed by atoms with Gasteiger partial charge in [-0.05, 0) is 31.0 Å². The molecule has 0 fully saturated rings. The van der Waals surface area contributed by atoms with Crippen LogP contribution >= 0.6 is 0 Å². The molecule has 0 bridgehead atoms. The van der Waals surface area contributed by atoms with Crippen LogP contribution in [0.5, 0.6) is 0 Å². The van der Waals surface area contributed by atoms with E-state index in [1.807, 2.05) is 18.3 Å². The van der Waals surface area contributed by atoms with Gasteiger partial charge in [-0.3, -0.25) is 0 Å². The van der Waals surface area contributed by atoms with Crippen LogP contribution in [0.15, 0.2) is 18.3 Å². The van der Waals surface area contributed by atoms with Crippen LogP contribution < -0.4 is 11.1 Å². The number of aryl methyl sites for hydroxylation is 1. The maximum absolute atomic E-state index is 5.50. The Morgan fingerprint density at radius 2 is 2.21 bits per heavy atom. The van der Waals surface area contributed by atoms with Gasteiger partial charge in [0.05, 0.1) is 0 Å². The molecule has 1 aromatic heterocycles. The van der Waals surface area contributed by atoms with Crippen LogP contribution in [0.3, 0.4) is 0 Å². The molecule has 3 N–H and O–H groups in total. The van der Waals surface area contributed by atoms with E-state index in [4.69, 9.17) is 5.73 Å². The summed E-state index contributed by atoms with van der Waals surface area (Å²) in [7, 11) is 0. The minimum atomic E-state index is 0.569. The molecule has 14 heavy (non-hydrogen) atoms. The van der Waals surface area contributed by atoms with E-state index in [1.165, 1.54) is 5.56 Å². The van der Waals surface area contributed by atoms with Gasteiger partial charge in [0.15, 0.2) is 0 Å². The lowest BCUT2D eigenvalue weighted by Crippen LogP contribution is -2.23. The van der Waals surface area contributed by atoms with Crippen molar-refractivity contribution in [2.45, 2.75) is 32.7 Å². The van der Waals surface area contributed by atoms with E-state index in [-0.39, 0.29) is 0 Å². The van der Waals surface area contributed by atoms with E-state index >= 15 is 0 Å². The van der Waals surface area contributed by atoms with Crippen LogP contribution in [-0.2, 0) is 6.42 Å². The minimum Gasteiger partial charge on any atom is -0.384 e. The van der Waals surface area contributed by atoms with E-state index in [0.29, 0.717) is 11.9 Å². The standard InChI is InChI=1S/C11H19N3/c1-9(2)13-7-3-4-10-5-6-11(12)14-8-10/h5-6,8-9,13H,3-4,7H2,1-2H3,(H2,12,14). The Labute approximate surface area is 85.7 Å². The third-order valence-electron chi connectivity index (χ3n) is 2.04. The molecule has 0 saturated heterocycles. The Kier molecular flexibility index (Phi) is 4.40. The summed E-state index contributed by atoms with van der Waals surface area (Å²) in [6.45, 7) is 5.37. The zero-order valence-corrected chi connectivity index (χ0v) is 8.96. The fraction of sp³-hybridized carbons (Fsp3) is 0.545. The molecule has 0 aromatic carbocycles. The number of nitrogens with zero attached hydrogens (tertiary/aromatic N) is 1. The molecule has 0 aliphatic carbocycles. The fourth-order valence-electron chi connectivity index (χ4n) is 1.27. The maximum atomic E-state index is 5.50. The number of nitrogens with one attached hydrogen (secondary N) is 1. The van der Waals surface area contributed by atoms with Gasteiger partial charge in [-0.25, -0.2) is 4.98 Å². The predicted molar refractivity (Wildman–Crippen MR) is 60.1 cm³/mol. The molecule has 78 valence electrons. The van der Waals surface area contributed by atoms with E-state index in [9.17, 15) is 0 Å². The topological polar surface area (TPSA) is 50.9 Å². The van der Waals surface area contributed by atoms with E-state index in [2.05, 4.69) is 24.1 Å². The summed E-state index contributed by atoms with van der Waals surface area (Å²) in [6.07, 6.45) is 4.06. The number of aromatic nitrogens is 1. The molecule has 1 rings (SSSR count). The molecule has 0 aliphatic rings. The second-order valence-electron chi connectivity index (χ2n) is 3.80. The lowest BCUT2D eigenvalue weighted by molar-refractivity contribution is 0.570. The van der Waals surface area contributed by atoms with Crippen LogP contribution in [0.2, 0.25) is 0 Å². The first-order valence-electron chi connectivity index (χ1n) is 5.12.